The maximum atomic E-state index is 14.7. The second kappa shape index (κ2) is 10.4. The molecule has 2 fully saturated rings. The number of rotatable bonds is 7. The van der Waals surface area contributed by atoms with Gasteiger partial charge >= 0.3 is 5.97 Å². The molecular formula is C29H27Cl2FN2O5S. The Morgan fingerprint density at radius 3 is 2.52 bits per heavy atom. The van der Waals surface area contributed by atoms with Gasteiger partial charge in [-0.05, 0) is 61.8 Å². The third-order valence-corrected chi connectivity index (χ3v) is 10.0. The molecule has 0 amide bonds. The summed E-state index contributed by atoms with van der Waals surface area (Å²) in [5.41, 5.74) is 0.707. The number of carbonyl (C=O) groups is 1. The number of aromatic carboxylic acids is 1. The molecular weight excluding hydrogens is 578 g/mol. The Bertz CT molecular complexity index is 1590. The second-order valence-electron chi connectivity index (χ2n) is 11.0. The van der Waals surface area contributed by atoms with E-state index in [2.05, 4.69) is 10.1 Å². The lowest BCUT2D eigenvalue weighted by molar-refractivity contribution is -0.116. The van der Waals surface area contributed by atoms with E-state index < -0.39 is 17.4 Å². The van der Waals surface area contributed by atoms with Crippen molar-refractivity contribution in [2.24, 2.45) is 11.8 Å². The molecule has 2 saturated carbocycles. The van der Waals surface area contributed by atoms with E-state index in [0.29, 0.717) is 49.6 Å². The maximum Gasteiger partial charge on any atom is 0.335 e. The first-order valence-electron chi connectivity index (χ1n) is 13.2. The molecule has 0 aliphatic heterocycles. The lowest BCUT2D eigenvalue weighted by atomic mass is 9.73. The summed E-state index contributed by atoms with van der Waals surface area (Å²) in [4.78, 5) is 15.9. The fourth-order valence-corrected chi connectivity index (χ4v) is 8.15. The summed E-state index contributed by atoms with van der Waals surface area (Å²) in [5, 5.41) is 26.9. The van der Waals surface area contributed by atoms with Gasteiger partial charge in [-0.25, -0.2) is 14.2 Å². The van der Waals surface area contributed by atoms with Crippen LogP contribution in [0.15, 0.2) is 34.9 Å². The van der Waals surface area contributed by atoms with Gasteiger partial charge in [0.1, 0.15) is 27.6 Å². The number of aliphatic hydroxyl groups is 1. The predicted octanol–water partition coefficient (Wildman–Crippen LogP) is 7.81. The Morgan fingerprint density at radius 1 is 1.23 bits per heavy atom. The van der Waals surface area contributed by atoms with Crippen LogP contribution in [0.25, 0.3) is 21.5 Å². The lowest BCUT2D eigenvalue weighted by Gasteiger charge is -2.41. The molecule has 2 aliphatic carbocycles. The largest absolute Gasteiger partial charge is 0.478 e. The number of aromatic nitrogens is 2. The standard InChI is InChI=1S/C29H27Cl2FN2O5S/c1-13(2)26-18(24(34-39-26)23-19(30)4-3-5-20(23)31)12-38-17-10-15-6-7-16(11-17)29(15,37)28-33-25-21(32)8-14(27(35)36)9-22(25)40-28/h3-5,8-9,13,15-17,37H,6-7,10-12H2,1-2H3,(H,35,36)/t15-,16+,17+,29-. The van der Waals surface area contributed by atoms with Crippen molar-refractivity contribution in [3.63, 3.8) is 0 Å². The van der Waals surface area contributed by atoms with Gasteiger partial charge in [-0.2, -0.15) is 0 Å². The number of carboxylic acids is 1. The third-order valence-electron chi connectivity index (χ3n) is 8.25. The summed E-state index contributed by atoms with van der Waals surface area (Å²) in [5.74, 6) is -1.38. The molecule has 0 saturated heterocycles. The Morgan fingerprint density at radius 2 is 1.90 bits per heavy atom. The van der Waals surface area contributed by atoms with Crippen LogP contribution in [0.4, 0.5) is 4.39 Å². The molecule has 2 aromatic heterocycles. The average Bonchev–Trinajstić information content (AvgIpc) is 3.55. The molecule has 4 atom stereocenters. The number of halogens is 3. The average molecular weight is 606 g/mol. The van der Waals surface area contributed by atoms with E-state index in [-0.39, 0.29) is 41.5 Å². The van der Waals surface area contributed by atoms with Crippen LogP contribution in [0.5, 0.6) is 0 Å². The minimum atomic E-state index is -1.21. The van der Waals surface area contributed by atoms with Crippen molar-refractivity contribution < 1.29 is 28.7 Å². The van der Waals surface area contributed by atoms with Crippen LogP contribution in [0, 0.1) is 17.7 Å². The topological polar surface area (TPSA) is 106 Å². The summed E-state index contributed by atoms with van der Waals surface area (Å²) >= 11 is 14.1. The first kappa shape index (κ1) is 27.6. The highest BCUT2D eigenvalue weighted by atomic mass is 35.5. The number of fused-ring (bicyclic) bond motifs is 3. The van der Waals surface area contributed by atoms with Crippen molar-refractivity contribution >= 4 is 50.7 Å². The Kier molecular flexibility index (Phi) is 7.15. The Hall–Kier alpha value is -2.56. The van der Waals surface area contributed by atoms with E-state index in [4.69, 9.17) is 32.5 Å². The molecule has 0 unspecified atom stereocenters. The number of thiazole rings is 1. The van der Waals surface area contributed by atoms with Crippen LogP contribution in [0.2, 0.25) is 10.0 Å². The van der Waals surface area contributed by atoms with Gasteiger partial charge in [0.15, 0.2) is 5.82 Å². The summed E-state index contributed by atoms with van der Waals surface area (Å²) in [6.07, 6.45) is 2.69. The van der Waals surface area contributed by atoms with Crippen molar-refractivity contribution in [2.45, 2.75) is 63.8 Å². The van der Waals surface area contributed by atoms with Gasteiger partial charge in [-0.3, -0.25) is 0 Å². The van der Waals surface area contributed by atoms with Crippen LogP contribution in [0.3, 0.4) is 0 Å². The fraction of sp³-hybridized carbons (Fsp3) is 0.414. The van der Waals surface area contributed by atoms with Gasteiger partial charge in [-0.1, -0.05) is 48.3 Å². The van der Waals surface area contributed by atoms with Gasteiger partial charge < -0.3 is 19.5 Å². The Labute approximate surface area is 243 Å². The van der Waals surface area contributed by atoms with Gasteiger partial charge in [0.2, 0.25) is 0 Å². The van der Waals surface area contributed by atoms with Crippen LogP contribution < -0.4 is 0 Å². The number of carboxylic acid groups (broad SMARTS) is 1. The quantitative estimate of drug-likeness (QED) is 0.221. The second-order valence-corrected chi connectivity index (χ2v) is 12.8. The molecule has 2 N–H and O–H groups in total. The zero-order valence-corrected chi connectivity index (χ0v) is 24.1. The van der Waals surface area contributed by atoms with E-state index in [1.165, 1.54) is 6.07 Å². The van der Waals surface area contributed by atoms with Crippen molar-refractivity contribution in [3.8, 4) is 11.3 Å². The van der Waals surface area contributed by atoms with E-state index in [9.17, 15) is 19.4 Å². The number of hydrogen-bond donors (Lipinski definition) is 2. The zero-order valence-electron chi connectivity index (χ0n) is 21.8. The van der Waals surface area contributed by atoms with E-state index in [1.807, 2.05) is 13.8 Å². The van der Waals surface area contributed by atoms with E-state index >= 15 is 0 Å². The lowest BCUT2D eigenvalue weighted by Crippen LogP contribution is -2.44. The number of benzene rings is 2. The normalized spacial score (nSPS) is 24.3. The number of hydrogen-bond acceptors (Lipinski definition) is 7. The van der Waals surface area contributed by atoms with Crippen molar-refractivity contribution in [1.29, 1.82) is 0 Å². The van der Waals surface area contributed by atoms with E-state index in [1.54, 1.807) is 18.2 Å². The zero-order chi connectivity index (χ0) is 28.3. The maximum absolute atomic E-state index is 14.7. The minimum absolute atomic E-state index is 0.0646. The van der Waals surface area contributed by atoms with Crippen LogP contribution >= 0.6 is 34.5 Å². The monoisotopic (exact) mass is 604 g/mol. The van der Waals surface area contributed by atoms with Crippen LogP contribution in [0.1, 0.15) is 72.1 Å². The highest BCUT2D eigenvalue weighted by Gasteiger charge is 2.56. The van der Waals surface area contributed by atoms with Gasteiger partial charge in [0.05, 0.1) is 33.0 Å². The molecule has 210 valence electrons. The first-order valence-corrected chi connectivity index (χ1v) is 14.8. The van der Waals surface area contributed by atoms with Crippen LogP contribution in [-0.4, -0.2) is 32.4 Å². The molecule has 40 heavy (non-hydrogen) atoms. The highest BCUT2D eigenvalue weighted by molar-refractivity contribution is 7.18. The molecule has 11 heteroatoms. The predicted molar refractivity (Wildman–Crippen MR) is 151 cm³/mol. The molecule has 6 rings (SSSR count). The van der Waals surface area contributed by atoms with Gasteiger partial charge in [-0.15, -0.1) is 11.3 Å². The van der Waals surface area contributed by atoms with Gasteiger partial charge in [0, 0.05) is 17.0 Å². The SMILES string of the molecule is CC(C)c1onc(-c2c(Cl)cccc2Cl)c1CO[C@H]1C[C@H]2CC[C@@H](C1)[C@@]2(O)c1nc2c(F)cc(C(=O)O)cc2s1. The minimum Gasteiger partial charge on any atom is -0.478 e. The molecule has 2 heterocycles. The molecule has 2 aliphatic rings. The summed E-state index contributed by atoms with van der Waals surface area (Å²) in [6, 6.07) is 7.67. The number of nitrogens with zero attached hydrogens (tertiary/aromatic N) is 2. The summed E-state index contributed by atoms with van der Waals surface area (Å²) in [6.45, 7) is 4.28. The smallest absolute Gasteiger partial charge is 0.335 e. The highest BCUT2D eigenvalue weighted by Crippen LogP contribution is 2.57. The summed E-state index contributed by atoms with van der Waals surface area (Å²) < 4.78 is 27.2. The van der Waals surface area contributed by atoms with Gasteiger partial charge in [0.25, 0.3) is 0 Å². The molecule has 0 radical (unpaired) electrons. The van der Waals surface area contributed by atoms with Crippen molar-refractivity contribution in [1.82, 2.24) is 10.1 Å². The molecule has 7 nitrogen and oxygen atoms in total. The first-order chi connectivity index (χ1) is 19.1. The Balaban J connectivity index is 1.25. The number of ether oxygens (including phenoxy) is 1. The van der Waals surface area contributed by atoms with Crippen LogP contribution in [-0.2, 0) is 16.9 Å². The fourth-order valence-electron chi connectivity index (χ4n) is 6.31. The van der Waals surface area contributed by atoms with E-state index in [0.717, 1.165) is 35.8 Å². The molecule has 2 aromatic carbocycles. The van der Waals surface area contributed by atoms with Crippen molar-refractivity contribution in [2.75, 3.05) is 0 Å². The molecule has 0 spiro atoms. The van der Waals surface area contributed by atoms with Crippen molar-refractivity contribution in [3.05, 3.63) is 68.1 Å². The molecule has 4 aromatic rings. The third kappa shape index (κ3) is 4.52. The molecule has 2 bridgehead atoms. The summed E-state index contributed by atoms with van der Waals surface area (Å²) in [7, 11) is 0.